The van der Waals surface area contributed by atoms with Gasteiger partial charge in [-0.3, -0.25) is 4.55 Å². The van der Waals surface area contributed by atoms with Gasteiger partial charge in [-0.15, -0.1) is 0 Å². The maximum absolute atomic E-state index is 12.6. The summed E-state index contributed by atoms with van der Waals surface area (Å²) in [5, 5.41) is 77.4. The van der Waals surface area contributed by atoms with Gasteiger partial charge in [-0.2, -0.15) is 8.42 Å². The predicted octanol–water partition coefficient (Wildman–Crippen LogP) is 0.533. The minimum atomic E-state index is -4.65. The molecule has 0 bridgehead atoms. The van der Waals surface area contributed by atoms with Crippen LogP contribution in [0.1, 0.15) is 73.1 Å². The van der Waals surface area contributed by atoms with Gasteiger partial charge in [-0.1, -0.05) is 46.8 Å². The van der Waals surface area contributed by atoms with Gasteiger partial charge < -0.3 is 45.2 Å². The molecule has 5 aliphatic rings. The van der Waals surface area contributed by atoms with Crippen molar-refractivity contribution in [2.24, 2.45) is 46.3 Å². The van der Waals surface area contributed by atoms with Crippen molar-refractivity contribution in [1.29, 1.82) is 0 Å². The Bertz CT molecular complexity index is 1230. The molecule has 1 saturated heterocycles. The fourth-order valence-electron chi connectivity index (χ4n) is 10.6. The average Bonchev–Trinajstić information content (AvgIpc) is 3.15. The maximum atomic E-state index is 12.6. The van der Waals surface area contributed by atoms with Crippen LogP contribution in [0.3, 0.4) is 0 Å². The van der Waals surface area contributed by atoms with Crippen LogP contribution in [-0.2, 0) is 24.1 Å². The molecule has 1 heterocycles. The second-order valence-electron chi connectivity index (χ2n) is 15.7. The second-order valence-corrected chi connectivity index (χ2v) is 16.8. The van der Waals surface area contributed by atoms with Crippen molar-refractivity contribution in [3.8, 4) is 0 Å². The van der Waals surface area contributed by atoms with Gasteiger partial charge in [0.05, 0.1) is 42.7 Å². The fraction of sp³-hybridized carbons (Fsp3) is 0.938. The van der Waals surface area contributed by atoms with Crippen LogP contribution in [0.25, 0.3) is 0 Å². The van der Waals surface area contributed by atoms with Crippen LogP contribution >= 0.6 is 0 Å². The Kier molecular flexibility index (Phi) is 10.2. The summed E-state index contributed by atoms with van der Waals surface area (Å²) in [6.45, 7) is 9.60. The lowest BCUT2D eigenvalue weighted by Gasteiger charge is -2.65. The van der Waals surface area contributed by atoms with Crippen molar-refractivity contribution in [1.82, 2.24) is 0 Å². The summed E-state index contributed by atoms with van der Waals surface area (Å²) in [6.07, 6.45) is -4.06. The molecule has 0 aromatic heterocycles. The van der Waals surface area contributed by atoms with Crippen LogP contribution in [0, 0.1) is 46.3 Å². The molecule has 0 radical (unpaired) electrons. The third-order valence-corrected chi connectivity index (χ3v) is 13.2. The van der Waals surface area contributed by atoms with E-state index in [0.717, 1.165) is 0 Å². The Labute approximate surface area is 271 Å². The Balaban J connectivity index is 1.36. The van der Waals surface area contributed by atoms with E-state index in [1.165, 1.54) is 0 Å². The van der Waals surface area contributed by atoms with Gasteiger partial charge >= 0.3 is 10.4 Å². The number of allylic oxidation sites excluding steroid dienone is 1. The van der Waals surface area contributed by atoms with Crippen LogP contribution in [-0.4, -0.2) is 116 Å². The first-order valence-electron chi connectivity index (χ1n) is 16.7. The van der Waals surface area contributed by atoms with Gasteiger partial charge in [0, 0.05) is 12.3 Å². The number of hydrogen-bond acceptors (Lipinski definition) is 12. The fourth-order valence-corrected chi connectivity index (χ4v) is 11.1. The lowest BCUT2D eigenvalue weighted by atomic mass is 9.42. The highest BCUT2D eigenvalue weighted by molar-refractivity contribution is 7.80. The molecular formula is C32H54O13S. The summed E-state index contributed by atoms with van der Waals surface area (Å²) in [5.41, 5.74) is -2.77. The number of aliphatic hydroxyl groups excluding tert-OH is 6. The Morgan fingerprint density at radius 1 is 0.870 bits per heavy atom. The van der Waals surface area contributed by atoms with Gasteiger partial charge in [0.2, 0.25) is 0 Å². The van der Waals surface area contributed by atoms with Crippen molar-refractivity contribution in [2.45, 2.75) is 134 Å². The van der Waals surface area contributed by atoms with E-state index in [4.69, 9.17) is 13.7 Å². The third-order valence-electron chi connectivity index (χ3n) is 12.6. The summed E-state index contributed by atoms with van der Waals surface area (Å²) in [4.78, 5) is 0. The Morgan fingerprint density at radius 2 is 1.52 bits per heavy atom. The summed E-state index contributed by atoms with van der Waals surface area (Å²) in [5.74, 6) is -2.22. The van der Waals surface area contributed by atoms with Crippen molar-refractivity contribution in [2.75, 3.05) is 6.61 Å². The number of hydrogen-bond donors (Lipinski definition) is 8. The van der Waals surface area contributed by atoms with Crippen LogP contribution in [0.4, 0.5) is 0 Å². The molecule has 0 spiro atoms. The number of fused-ring (bicyclic) bond motifs is 5. The highest BCUT2D eigenvalue weighted by atomic mass is 32.3. The number of ether oxygens (including phenoxy) is 2. The highest BCUT2D eigenvalue weighted by Gasteiger charge is 2.72. The Morgan fingerprint density at radius 3 is 2.15 bits per heavy atom. The zero-order valence-electron chi connectivity index (χ0n) is 27.3. The monoisotopic (exact) mass is 678 g/mol. The van der Waals surface area contributed by atoms with Crippen molar-refractivity contribution < 1.29 is 62.4 Å². The molecule has 3 unspecified atom stereocenters. The van der Waals surface area contributed by atoms with Crippen LogP contribution in [0.5, 0.6) is 0 Å². The van der Waals surface area contributed by atoms with E-state index < -0.39 is 93.8 Å². The molecule has 17 atom stereocenters. The maximum Gasteiger partial charge on any atom is 0.397 e. The molecule has 4 aliphatic carbocycles. The van der Waals surface area contributed by atoms with E-state index in [0.29, 0.717) is 25.7 Å². The molecule has 5 rings (SSSR count). The predicted molar refractivity (Wildman–Crippen MR) is 163 cm³/mol. The normalized spacial score (nSPS) is 51.0. The minimum absolute atomic E-state index is 0.0367. The van der Waals surface area contributed by atoms with Gasteiger partial charge in [-0.05, 0) is 72.5 Å². The smallest absolute Gasteiger partial charge is 0.393 e. The molecule has 0 aromatic rings. The SMILES string of the molecule is CC(C)[C@H](/C=C/[C@@H](C)[C@H]1[C@@H](O)[C@@H](O)C2[C@]3(O)C[C@H](O)C4C[C@@H](OS(=O)(=O)O)CC[C@]4(C)C3CC[C@@]21C)O[C@@H]1OC[C@@H](O)[C@H](O)[C@H]1O. The highest BCUT2D eigenvalue weighted by Crippen LogP contribution is 2.69. The van der Waals surface area contributed by atoms with E-state index in [1.54, 1.807) is 0 Å². The molecule has 0 aromatic carbocycles. The van der Waals surface area contributed by atoms with E-state index >= 15 is 0 Å². The quantitative estimate of drug-likeness (QED) is 0.130. The van der Waals surface area contributed by atoms with Gasteiger partial charge in [-0.25, -0.2) is 4.18 Å². The molecule has 4 saturated carbocycles. The van der Waals surface area contributed by atoms with Crippen molar-refractivity contribution in [3.63, 3.8) is 0 Å². The van der Waals surface area contributed by atoms with Crippen LogP contribution in [0.15, 0.2) is 12.2 Å². The Hall–Kier alpha value is -0.750. The van der Waals surface area contributed by atoms with Crippen LogP contribution < -0.4 is 0 Å². The first-order valence-corrected chi connectivity index (χ1v) is 18.0. The minimum Gasteiger partial charge on any atom is -0.393 e. The molecule has 46 heavy (non-hydrogen) atoms. The summed E-state index contributed by atoms with van der Waals surface area (Å²) < 4.78 is 48.3. The van der Waals surface area contributed by atoms with Gasteiger partial charge in [0.15, 0.2) is 6.29 Å². The number of aliphatic hydroxyl groups is 7. The standard InChI is InChI=1S/C32H54O13S/c1-15(2)21(44-29-27(38)24(35)20(34)14-43-29)7-6-16(3)23-25(36)26(37)28-31(23,5)11-9-22-30(4)10-8-17(45-46(40,41)42)12-18(30)19(33)13-32(22,28)39/h6-7,15-29,33-39H,8-14H2,1-5H3,(H,40,41,42)/b7-6+/t16-,17+,18?,19+,20-,21+,22?,23+,24+,25-,26-,27-,28?,29+,30+,31-,32+/m1/s1. The molecule has 1 aliphatic heterocycles. The molecule has 0 amide bonds. The lowest BCUT2D eigenvalue weighted by molar-refractivity contribution is -0.280. The first kappa shape index (κ1) is 36.5. The lowest BCUT2D eigenvalue weighted by Crippen LogP contribution is -2.68. The topological polar surface area (TPSA) is 224 Å². The molecule has 5 fully saturated rings. The largest absolute Gasteiger partial charge is 0.397 e. The zero-order chi connectivity index (χ0) is 34.1. The van der Waals surface area contributed by atoms with E-state index in [1.807, 2.05) is 46.8 Å². The molecule has 13 nitrogen and oxygen atoms in total. The van der Waals surface area contributed by atoms with Gasteiger partial charge in [0.1, 0.15) is 18.3 Å². The van der Waals surface area contributed by atoms with Crippen molar-refractivity contribution in [3.05, 3.63) is 12.2 Å². The second kappa shape index (κ2) is 12.9. The van der Waals surface area contributed by atoms with Crippen molar-refractivity contribution >= 4 is 10.4 Å². The third kappa shape index (κ3) is 6.24. The summed E-state index contributed by atoms with van der Waals surface area (Å²) in [7, 11) is -4.65. The molecule has 14 heteroatoms. The summed E-state index contributed by atoms with van der Waals surface area (Å²) >= 11 is 0. The zero-order valence-corrected chi connectivity index (χ0v) is 28.1. The first-order chi connectivity index (χ1) is 21.2. The molecular weight excluding hydrogens is 624 g/mol. The summed E-state index contributed by atoms with van der Waals surface area (Å²) in [6, 6.07) is 0. The van der Waals surface area contributed by atoms with Gasteiger partial charge in [0.25, 0.3) is 0 Å². The average molecular weight is 679 g/mol. The van der Waals surface area contributed by atoms with E-state index in [9.17, 15) is 48.7 Å². The van der Waals surface area contributed by atoms with E-state index in [-0.39, 0.29) is 43.1 Å². The molecule has 266 valence electrons. The van der Waals surface area contributed by atoms with E-state index in [2.05, 4.69) is 0 Å². The molecule has 8 N–H and O–H groups in total. The number of rotatable bonds is 8. The van der Waals surface area contributed by atoms with Crippen LogP contribution in [0.2, 0.25) is 0 Å².